The van der Waals surface area contributed by atoms with Crippen LogP contribution >= 0.6 is 11.6 Å². The van der Waals surface area contributed by atoms with Crippen LogP contribution in [-0.4, -0.2) is 24.7 Å². The van der Waals surface area contributed by atoms with E-state index in [0.717, 1.165) is 0 Å². The van der Waals surface area contributed by atoms with Crippen LogP contribution in [0, 0.1) is 10.1 Å². The molecule has 0 unspecified atom stereocenters. The van der Waals surface area contributed by atoms with Crippen molar-refractivity contribution >= 4 is 17.3 Å². The fourth-order valence-electron chi connectivity index (χ4n) is 1.74. The fraction of sp³-hybridized carbons (Fsp3) is 0.400. The first-order valence-electron chi connectivity index (χ1n) is 4.93. The van der Waals surface area contributed by atoms with Gasteiger partial charge in [0.05, 0.1) is 29.7 Å². The average Bonchev–Trinajstić information content (AvgIpc) is 2.29. The predicted molar refractivity (Wildman–Crippen MR) is 59.7 cm³/mol. The lowest BCUT2D eigenvalue weighted by Gasteiger charge is -2.23. The van der Waals surface area contributed by atoms with Crippen molar-refractivity contribution in [3.05, 3.63) is 38.9 Å². The first kappa shape index (κ1) is 11.3. The molecule has 1 aliphatic rings. The van der Waals surface area contributed by atoms with Crippen LogP contribution in [0.2, 0.25) is 5.02 Å². The van der Waals surface area contributed by atoms with E-state index in [2.05, 4.69) is 5.32 Å². The minimum Gasteiger partial charge on any atom is -0.378 e. The van der Waals surface area contributed by atoms with E-state index in [9.17, 15) is 10.1 Å². The van der Waals surface area contributed by atoms with Crippen molar-refractivity contribution in [2.75, 3.05) is 19.8 Å². The Morgan fingerprint density at radius 2 is 2.38 bits per heavy atom. The van der Waals surface area contributed by atoms with Crippen LogP contribution in [0.15, 0.2) is 18.2 Å². The molecule has 1 aliphatic heterocycles. The highest BCUT2D eigenvalue weighted by Crippen LogP contribution is 2.29. The van der Waals surface area contributed by atoms with E-state index < -0.39 is 4.92 Å². The Bertz CT molecular complexity index is 405. The van der Waals surface area contributed by atoms with Gasteiger partial charge in [-0.2, -0.15) is 0 Å². The second kappa shape index (κ2) is 4.78. The summed E-state index contributed by atoms with van der Waals surface area (Å²) in [6.07, 6.45) is 0. The maximum atomic E-state index is 10.9. The summed E-state index contributed by atoms with van der Waals surface area (Å²) in [4.78, 5) is 10.5. The molecule has 0 aliphatic carbocycles. The van der Waals surface area contributed by atoms with Crippen molar-refractivity contribution < 1.29 is 9.66 Å². The quantitative estimate of drug-likeness (QED) is 0.636. The fourth-order valence-corrected chi connectivity index (χ4v) is 1.92. The monoisotopic (exact) mass is 242 g/mol. The summed E-state index contributed by atoms with van der Waals surface area (Å²) in [7, 11) is 0. The van der Waals surface area contributed by atoms with E-state index in [1.807, 2.05) is 0 Å². The van der Waals surface area contributed by atoms with E-state index in [1.165, 1.54) is 12.1 Å². The second-order valence-electron chi connectivity index (χ2n) is 3.54. The van der Waals surface area contributed by atoms with Crippen molar-refractivity contribution in [3.8, 4) is 0 Å². The first-order chi connectivity index (χ1) is 7.68. The van der Waals surface area contributed by atoms with Gasteiger partial charge in [-0.05, 0) is 12.1 Å². The molecule has 6 heteroatoms. The number of morpholine rings is 1. The zero-order valence-electron chi connectivity index (χ0n) is 8.48. The van der Waals surface area contributed by atoms with Crippen LogP contribution in [0.25, 0.3) is 0 Å². The summed E-state index contributed by atoms with van der Waals surface area (Å²) in [5.74, 6) is 0. The minimum atomic E-state index is -0.401. The first-order valence-corrected chi connectivity index (χ1v) is 5.31. The molecule has 0 amide bonds. The Kier molecular flexibility index (Phi) is 3.38. The highest BCUT2D eigenvalue weighted by molar-refractivity contribution is 6.30. The van der Waals surface area contributed by atoms with E-state index in [1.54, 1.807) is 6.07 Å². The summed E-state index contributed by atoms with van der Waals surface area (Å²) >= 11 is 5.85. The van der Waals surface area contributed by atoms with Gasteiger partial charge < -0.3 is 10.1 Å². The topological polar surface area (TPSA) is 64.4 Å². The maximum Gasteiger partial charge on any atom is 0.274 e. The van der Waals surface area contributed by atoms with Gasteiger partial charge in [-0.1, -0.05) is 11.6 Å². The number of hydrogen-bond acceptors (Lipinski definition) is 4. The lowest BCUT2D eigenvalue weighted by molar-refractivity contribution is -0.385. The van der Waals surface area contributed by atoms with Crippen LogP contribution in [0.4, 0.5) is 5.69 Å². The molecule has 0 bridgehead atoms. The van der Waals surface area contributed by atoms with Crippen LogP contribution in [0.3, 0.4) is 0 Å². The second-order valence-corrected chi connectivity index (χ2v) is 3.98. The van der Waals surface area contributed by atoms with Gasteiger partial charge in [0.1, 0.15) is 0 Å². The Morgan fingerprint density at radius 1 is 1.56 bits per heavy atom. The van der Waals surface area contributed by atoms with Crippen LogP contribution < -0.4 is 5.32 Å². The molecule has 16 heavy (non-hydrogen) atoms. The lowest BCUT2D eigenvalue weighted by atomic mass is 10.0. The standard InChI is InChI=1S/C10H11ClN2O3/c11-7-1-2-10(13(14)15)8(5-7)9-6-16-4-3-12-9/h1-2,5,9,12H,3-4,6H2/t9-/m0/s1. The number of nitrogens with one attached hydrogen (secondary N) is 1. The summed E-state index contributed by atoms with van der Waals surface area (Å²) in [5.41, 5.74) is 0.657. The summed E-state index contributed by atoms with van der Waals surface area (Å²) in [6.45, 7) is 1.75. The molecule has 1 aromatic carbocycles. The molecule has 2 rings (SSSR count). The van der Waals surface area contributed by atoms with Gasteiger partial charge >= 0.3 is 0 Å². The van der Waals surface area contributed by atoms with E-state index in [-0.39, 0.29) is 11.7 Å². The third kappa shape index (κ3) is 2.32. The number of nitro groups is 1. The van der Waals surface area contributed by atoms with E-state index in [4.69, 9.17) is 16.3 Å². The molecule has 86 valence electrons. The molecule has 5 nitrogen and oxygen atoms in total. The maximum absolute atomic E-state index is 10.9. The Balaban J connectivity index is 2.36. The number of benzene rings is 1. The SMILES string of the molecule is O=[N+]([O-])c1ccc(Cl)cc1[C@@H]1COCCN1. The molecule has 0 spiro atoms. The molecular formula is C10H11ClN2O3. The highest BCUT2D eigenvalue weighted by atomic mass is 35.5. The molecule has 1 aromatic rings. The van der Waals surface area contributed by atoms with Gasteiger partial charge in [-0.25, -0.2) is 0 Å². The van der Waals surface area contributed by atoms with Gasteiger partial charge in [0, 0.05) is 17.6 Å². The molecule has 1 saturated heterocycles. The predicted octanol–water partition coefficient (Wildman–Crippen LogP) is 1.91. The van der Waals surface area contributed by atoms with Gasteiger partial charge in [0.15, 0.2) is 0 Å². The molecule has 1 atom stereocenters. The lowest BCUT2D eigenvalue weighted by Crippen LogP contribution is -2.34. The van der Waals surface area contributed by atoms with Gasteiger partial charge in [-0.3, -0.25) is 10.1 Å². The minimum absolute atomic E-state index is 0.0763. The number of nitrogens with zero attached hydrogens (tertiary/aromatic N) is 1. The van der Waals surface area contributed by atoms with Gasteiger partial charge in [0.25, 0.3) is 5.69 Å². The normalized spacial score (nSPS) is 20.7. The smallest absolute Gasteiger partial charge is 0.274 e. The number of ether oxygens (including phenoxy) is 1. The van der Waals surface area contributed by atoms with Crippen molar-refractivity contribution in [3.63, 3.8) is 0 Å². The van der Waals surface area contributed by atoms with Crippen molar-refractivity contribution in [2.45, 2.75) is 6.04 Å². The third-order valence-electron chi connectivity index (χ3n) is 2.48. The number of rotatable bonds is 2. The average molecular weight is 243 g/mol. The number of nitro benzene ring substituents is 1. The summed E-state index contributed by atoms with van der Waals surface area (Å²) in [5, 5.41) is 14.5. The third-order valence-corrected chi connectivity index (χ3v) is 2.72. The molecule has 0 saturated carbocycles. The zero-order valence-corrected chi connectivity index (χ0v) is 9.24. The number of hydrogen-bond donors (Lipinski definition) is 1. The zero-order chi connectivity index (χ0) is 11.5. The van der Waals surface area contributed by atoms with Crippen LogP contribution in [-0.2, 0) is 4.74 Å². The molecule has 1 heterocycles. The van der Waals surface area contributed by atoms with E-state index in [0.29, 0.717) is 30.3 Å². The molecule has 1 fully saturated rings. The van der Waals surface area contributed by atoms with Crippen LogP contribution in [0.1, 0.15) is 11.6 Å². The molecule has 0 aromatic heterocycles. The largest absolute Gasteiger partial charge is 0.378 e. The molecule has 1 N–H and O–H groups in total. The van der Waals surface area contributed by atoms with Crippen molar-refractivity contribution in [1.29, 1.82) is 0 Å². The molecule has 0 radical (unpaired) electrons. The highest BCUT2D eigenvalue weighted by Gasteiger charge is 2.24. The Hall–Kier alpha value is -1.17. The summed E-state index contributed by atoms with van der Waals surface area (Å²) < 4.78 is 5.28. The van der Waals surface area contributed by atoms with Crippen molar-refractivity contribution in [2.24, 2.45) is 0 Å². The number of halogens is 1. The van der Waals surface area contributed by atoms with E-state index >= 15 is 0 Å². The molecular weight excluding hydrogens is 232 g/mol. The van der Waals surface area contributed by atoms with Crippen LogP contribution in [0.5, 0.6) is 0 Å². The Labute approximate surface area is 97.5 Å². The Morgan fingerprint density at radius 3 is 3.00 bits per heavy atom. The van der Waals surface area contributed by atoms with Gasteiger partial charge in [-0.15, -0.1) is 0 Å². The summed E-state index contributed by atoms with van der Waals surface area (Å²) in [6, 6.07) is 4.40. The van der Waals surface area contributed by atoms with Crippen molar-refractivity contribution in [1.82, 2.24) is 5.32 Å². The van der Waals surface area contributed by atoms with Gasteiger partial charge in [0.2, 0.25) is 0 Å².